The van der Waals surface area contributed by atoms with Gasteiger partial charge in [0, 0.05) is 12.1 Å². The molecule has 0 heterocycles. The van der Waals surface area contributed by atoms with Gasteiger partial charge < -0.3 is 14.8 Å². The highest BCUT2D eigenvalue weighted by Crippen LogP contribution is 2.24. The fourth-order valence-corrected chi connectivity index (χ4v) is 1.51. The van der Waals surface area contributed by atoms with Gasteiger partial charge in [-0.3, -0.25) is 0 Å². The van der Waals surface area contributed by atoms with E-state index in [4.69, 9.17) is 9.47 Å². The van der Waals surface area contributed by atoms with Crippen LogP contribution in [0.5, 0.6) is 11.5 Å². The Labute approximate surface area is 103 Å². The molecule has 0 saturated carbocycles. The molecule has 0 saturated heterocycles. The highest BCUT2D eigenvalue weighted by molar-refractivity contribution is 5.40. The van der Waals surface area contributed by atoms with Gasteiger partial charge in [-0.05, 0) is 31.2 Å². The fraction of sp³-hybridized carbons (Fsp3) is 0.429. The van der Waals surface area contributed by atoms with E-state index in [1.807, 2.05) is 18.2 Å². The van der Waals surface area contributed by atoms with Crippen LogP contribution in [-0.2, 0) is 6.54 Å². The van der Waals surface area contributed by atoms with Gasteiger partial charge in [-0.1, -0.05) is 19.6 Å². The number of benzene rings is 1. The van der Waals surface area contributed by atoms with Crippen molar-refractivity contribution in [2.24, 2.45) is 0 Å². The molecule has 0 fully saturated rings. The van der Waals surface area contributed by atoms with Gasteiger partial charge in [-0.25, -0.2) is 0 Å². The van der Waals surface area contributed by atoms with E-state index < -0.39 is 0 Å². The third-order valence-electron chi connectivity index (χ3n) is 2.37. The molecule has 1 aromatic rings. The summed E-state index contributed by atoms with van der Waals surface area (Å²) in [5.41, 5.74) is 1.11. The van der Waals surface area contributed by atoms with E-state index in [2.05, 4.69) is 18.8 Å². The normalized spacial score (nSPS) is 10.0. The minimum absolute atomic E-state index is 0.521. The van der Waals surface area contributed by atoms with Crippen LogP contribution in [0, 0.1) is 0 Å². The first-order valence-corrected chi connectivity index (χ1v) is 5.93. The van der Waals surface area contributed by atoms with Gasteiger partial charge in [0.25, 0.3) is 0 Å². The van der Waals surface area contributed by atoms with E-state index in [9.17, 15) is 0 Å². The number of nitrogens with one attached hydrogen (secondary N) is 1. The fourth-order valence-electron chi connectivity index (χ4n) is 1.51. The van der Waals surface area contributed by atoms with Crippen molar-refractivity contribution >= 4 is 0 Å². The molecule has 0 aliphatic rings. The summed E-state index contributed by atoms with van der Waals surface area (Å²) in [5, 5.41) is 3.36. The maximum atomic E-state index is 5.60. The van der Waals surface area contributed by atoms with Crippen molar-refractivity contribution in [1.82, 2.24) is 5.32 Å². The Morgan fingerprint density at radius 2 is 2.24 bits per heavy atom. The van der Waals surface area contributed by atoms with E-state index in [0.29, 0.717) is 6.61 Å². The Bertz CT molecular complexity index is 350. The van der Waals surface area contributed by atoms with Gasteiger partial charge in [-0.2, -0.15) is 0 Å². The molecule has 17 heavy (non-hydrogen) atoms. The van der Waals surface area contributed by atoms with Crippen LogP contribution in [0.1, 0.15) is 18.9 Å². The minimum atomic E-state index is 0.521. The minimum Gasteiger partial charge on any atom is -0.497 e. The van der Waals surface area contributed by atoms with Crippen molar-refractivity contribution < 1.29 is 9.47 Å². The van der Waals surface area contributed by atoms with Crippen molar-refractivity contribution in [3.05, 3.63) is 36.4 Å². The maximum Gasteiger partial charge on any atom is 0.124 e. The second-order valence-electron chi connectivity index (χ2n) is 3.75. The molecule has 0 unspecified atom stereocenters. The highest BCUT2D eigenvalue weighted by atomic mass is 16.5. The first kappa shape index (κ1) is 13.6. The highest BCUT2D eigenvalue weighted by Gasteiger charge is 2.05. The SMILES string of the molecule is C=CCOc1ccc(OC)cc1CNCCC. The summed E-state index contributed by atoms with van der Waals surface area (Å²) in [7, 11) is 1.67. The lowest BCUT2D eigenvalue weighted by atomic mass is 10.2. The van der Waals surface area contributed by atoms with Gasteiger partial charge in [0.15, 0.2) is 0 Å². The van der Waals surface area contributed by atoms with Gasteiger partial charge in [0.05, 0.1) is 7.11 Å². The van der Waals surface area contributed by atoms with E-state index in [1.165, 1.54) is 0 Å². The summed E-state index contributed by atoms with van der Waals surface area (Å²) in [6.45, 7) is 8.10. The number of methoxy groups -OCH3 is 1. The molecule has 0 bridgehead atoms. The van der Waals surface area contributed by atoms with Crippen molar-refractivity contribution in [3.8, 4) is 11.5 Å². The number of ether oxygens (including phenoxy) is 2. The van der Waals surface area contributed by atoms with Crippen LogP contribution in [0.2, 0.25) is 0 Å². The monoisotopic (exact) mass is 235 g/mol. The largest absolute Gasteiger partial charge is 0.497 e. The average molecular weight is 235 g/mol. The first-order valence-electron chi connectivity index (χ1n) is 5.93. The van der Waals surface area contributed by atoms with Crippen LogP contribution in [0.4, 0.5) is 0 Å². The molecular formula is C14H21NO2. The van der Waals surface area contributed by atoms with Crippen LogP contribution >= 0.6 is 0 Å². The molecule has 0 radical (unpaired) electrons. The van der Waals surface area contributed by atoms with Gasteiger partial charge in [0.2, 0.25) is 0 Å². The van der Waals surface area contributed by atoms with Crippen LogP contribution in [-0.4, -0.2) is 20.3 Å². The van der Waals surface area contributed by atoms with E-state index in [1.54, 1.807) is 13.2 Å². The number of hydrogen-bond donors (Lipinski definition) is 1. The van der Waals surface area contributed by atoms with Gasteiger partial charge in [0.1, 0.15) is 18.1 Å². The van der Waals surface area contributed by atoms with E-state index >= 15 is 0 Å². The lowest BCUT2D eigenvalue weighted by molar-refractivity contribution is 0.355. The van der Waals surface area contributed by atoms with Crippen LogP contribution in [0.25, 0.3) is 0 Å². The molecule has 0 amide bonds. The zero-order valence-corrected chi connectivity index (χ0v) is 10.7. The molecule has 0 spiro atoms. The Kier molecular flexibility index (Phi) is 6.18. The lowest BCUT2D eigenvalue weighted by Crippen LogP contribution is -2.14. The summed E-state index contributed by atoms with van der Waals surface area (Å²) < 4.78 is 10.8. The van der Waals surface area contributed by atoms with E-state index in [-0.39, 0.29) is 0 Å². The van der Waals surface area contributed by atoms with Crippen molar-refractivity contribution in [3.63, 3.8) is 0 Å². The molecule has 1 aromatic carbocycles. The topological polar surface area (TPSA) is 30.5 Å². The molecule has 94 valence electrons. The quantitative estimate of drug-likeness (QED) is 0.555. The van der Waals surface area contributed by atoms with Crippen LogP contribution in [0.15, 0.2) is 30.9 Å². The smallest absolute Gasteiger partial charge is 0.124 e. The predicted molar refractivity (Wildman–Crippen MR) is 70.7 cm³/mol. The zero-order valence-electron chi connectivity index (χ0n) is 10.7. The molecule has 0 aromatic heterocycles. The first-order chi connectivity index (χ1) is 8.31. The second-order valence-corrected chi connectivity index (χ2v) is 3.75. The molecule has 3 nitrogen and oxygen atoms in total. The molecule has 1 rings (SSSR count). The maximum absolute atomic E-state index is 5.60. The Balaban J connectivity index is 2.74. The summed E-state index contributed by atoms with van der Waals surface area (Å²) in [4.78, 5) is 0. The third kappa shape index (κ3) is 4.49. The van der Waals surface area contributed by atoms with E-state index in [0.717, 1.165) is 36.6 Å². The van der Waals surface area contributed by atoms with Crippen LogP contribution in [0.3, 0.4) is 0 Å². The standard InChI is InChI=1S/C14H21NO2/c1-4-8-15-11-12-10-13(16-3)6-7-14(12)17-9-5-2/h5-7,10,15H,2,4,8-9,11H2,1,3H3. The Morgan fingerprint density at radius 3 is 2.88 bits per heavy atom. The average Bonchev–Trinajstić information content (AvgIpc) is 2.37. The second kappa shape index (κ2) is 7.74. The molecule has 3 heteroatoms. The van der Waals surface area contributed by atoms with Gasteiger partial charge in [-0.15, -0.1) is 0 Å². The Morgan fingerprint density at radius 1 is 1.41 bits per heavy atom. The van der Waals surface area contributed by atoms with Crippen LogP contribution < -0.4 is 14.8 Å². The summed E-state index contributed by atoms with van der Waals surface area (Å²) in [6.07, 6.45) is 2.86. The molecule has 0 aliphatic heterocycles. The lowest BCUT2D eigenvalue weighted by Gasteiger charge is -2.12. The molecular weight excluding hydrogens is 214 g/mol. The molecule has 0 aliphatic carbocycles. The van der Waals surface area contributed by atoms with Crippen molar-refractivity contribution in [1.29, 1.82) is 0 Å². The van der Waals surface area contributed by atoms with Gasteiger partial charge >= 0.3 is 0 Å². The summed E-state index contributed by atoms with van der Waals surface area (Å²) >= 11 is 0. The number of hydrogen-bond acceptors (Lipinski definition) is 3. The molecule has 1 N–H and O–H groups in total. The Hall–Kier alpha value is -1.48. The zero-order chi connectivity index (χ0) is 12.5. The summed E-state index contributed by atoms with van der Waals surface area (Å²) in [5.74, 6) is 1.73. The molecule has 0 atom stereocenters. The number of rotatable bonds is 8. The van der Waals surface area contributed by atoms with Crippen molar-refractivity contribution in [2.75, 3.05) is 20.3 Å². The predicted octanol–water partition coefficient (Wildman–Crippen LogP) is 2.76. The summed E-state index contributed by atoms with van der Waals surface area (Å²) in [6, 6.07) is 5.84. The van der Waals surface area contributed by atoms with Crippen molar-refractivity contribution in [2.45, 2.75) is 19.9 Å². The third-order valence-corrected chi connectivity index (χ3v) is 2.37.